The van der Waals surface area contributed by atoms with Gasteiger partial charge in [-0.05, 0) is 63.0 Å². The molecule has 0 aliphatic carbocycles. The van der Waals surface area contributed by atoms with Gasteiger partial charge in [-0.3, -0.25) is 4.79 Å². The van der Waals surface area contributed by atoms with Crippen LogP contribution in [-0.2, 0) is 0 Å². The van der Waals surface area contributed by atoms with Gasteiger partial charge in [-0.15, -0.1) is 0 Å². The molecule has 20 heavy (non-hydrogen) atoms. The SMILES string of the molecule is O=C(c1ccc(F)cc1)N1CCCC1CN1CCCC1. The van der Waals surface area contributed by atoms with Crippen LogP contribution in [0.2, 0.25) is 0 Å². The van der Waals surface area contributed by atoms with Gasteiger partial charge in [-0.25, -0.2) is 4.39 Å². The normalized spacial score (nSPS) is 23.4. The standard InChI is InChI=1S/C16H21FN2O/c17-14-7-5-13(6-8-14)16(20)19-11-3-4-15(19)12-18-9-1-2-10-18/h5-8,15H,1-4,9-12H2. The Balaban J connectivity index is 1.67. The van der Waals surface area contributed by atoms with Crippen LogP contribution in [0.5, 0.6) is 0 Å². The Bertz CT molecular complexity index is 468. The van der Waals surface area contributed by atoms with Crippen molar-refractivity contribution in [2.24, 2.45) is 0 Å². The molecule has 4 heteroatoms. The van der Waals surface area contributed by atoms with E-state index >= 15 is 0 Å². The van der Waals surface area contributed by atoms with Crippen molar-refractivity contribution in [2.45, 2.75) is 31.7 Å². The zero-order valence-electron chi connectivity index (χ0n) is 11.7. The van der Waals surface area contributed by atoms with Crippen molar-refractivity contribution in [3.8, 4) is 0 Å². The highest BCUT2D eigenvalue weighted by Crippen LogP contribution is 2.22. The minimum absolute atomic E-state index is 0.0479. The third-order valence-electron chi connectivity index (χ3n) is 4.40. The lowest BCUT2D eigenvalue weighted by Crippen LogP contribution is -2.42. The van der Waals surface area contributed by atoms with Crippen LogP contribution in [0, 0.1) is 5.82 Å². The van der Waals surface area contributed by atoms with E-state index in [9.17, 15) is 9.18 Å². The summed E-state index contributed by atoms with van der Waals surface area (Å²) >= 11 is 0. The van der Waals surface area contributed by atoms with Crippen molar-refractivity contribution in [2.75, 3.05) is 26.2 Å². The Morgan fingerprint density at radius 2 is 1.80 bits per heavy atom. The van der Waals surface area contributed by atoms with E-state index in [1.165, 1.54) is 25.0 Å². The summed E-state index contributed by atoms with van der Waals surface area (Å²) in [5.41, 5.74) is 0.597. The fraction of sp³-hybridized carbons (Fsp3) is 0.562. The molecular formula is C16H21FN2O. The monoisotopic (exact) mass is 276 g/mol. The summed E-state index contributed by atoms with van der Waals surface area (Å²) in [6.07, 6.45) is 4.71. The maximum Gasteiger partial charge on any atom is 0.254 e. The lowest BCUT2D eigenvalue weighted by molar-refractivity contribution is 0.0708. The first kappa shape index (κ1) is 13.6. The molecule has 1 atom stereocenters. The second-order valence-corrected chi connectivity index (χ2v) is 5.81. The van der Waals surface area contributed by atoms with Crippen molar-refractivity contribution in [3.05, 3.63) is 35.6 Å². The molecule has 2 heterocycles. The van der Waals surface area contributed by atoms with Gasteiger partial charge in [0, 0.05) is 24.7 Å². The minimum Gasteiger partial charge on any atom is -0.334 e. The van der Waals surface area contributed by atoms with Crippen molar-refractivity contribution >= 4 is 5.91 Å². The maximum absolute atomic E-state index is 12.9. The second kappa shape index (κ2) is 5.92. The van der Waals surface area contributed by atoms with Crippen molar-refractivity contribution in [1.82, 2.24) is 9.80 Å². The molecular weight excluding hydrogens is 255 g/mol. The number of hydrogen-bond acceptors (Lipinski definition) is 2. The number of benzene rings is 1. The third kappa shape index (κ3) is 2.85. The van der Waals surface area contributed by atoms with Crippen LogP contribution in [0.3, 0.4) is 0 Å². The third-order valence-corrected chi connectivity index (χ3v) is 4.40. The van der Waals surface area contributed by atoms with Gasteiger partial charge >= 0.3 is 0 Å². The number of nitrogens with zero attached hydrogens (tertiary/aromatic N) is 2. The van der Waals surface area contributed by atoms with Crippen LogP contribution >= 0.6 is 0 Å². The summed E-state index contributed by atoms with van der Waals surface area (Å²) < 4.78 is 12.9. The largest absolute Gasteiger partial charge is 0.334 e. The molecule has 1 aromatic rings. The summed E-state index contributed by atoms with van der Waals surface area (Å²) in [5, 5.41) is 0. The Kier molecular flexibility index (Phi) is 4.01. The Morgan fingerprint density at radius 3 is 2.50 bits per heavy atom. The molecule has 2 fully saturated rings. The van der Waals surface area contributed by atoms with Crippen LogP contribution in [-0.4, -0.2) is 47.9 Å². The van der Waals surface area contributed by atoms with Crippen LogP contribution in [0.25, 0.3) is 0 Å². The molecule has 2 aliphatic rings. The topological polar surface area (TPSA) is 23.6 Å². The molecule has 2 saturated heterocycles. The molecule has 1 amide bonds. The lowest BCUT2D eigenvalue weighted by Gasteiger charge is -2.28. The highest BCUT2D eigenvalue weighted by atomic mass is 19.1. The van der Waals surface area contributed by atoms with Crippen molar-refractivity contribution in [1.29, 1.82) is 0 Å². The van der Waals surface area contributed by atoms with E-state index in [0.717, 1.165) is 39.0 Å². The van der Waals surface area contributed by atoms with Gasteiger partial charge in [-0.1, -0.05) is 0 Å². The molecule has 3 nitrogen and oxygen atoms in total. The molecule has 0 spiro atoms. The van der Waals surface area contributed by atoms with Gasteiger partial charge in [0.05, 0.1) is 0 Å². The van der Waals surface area contributed by atoms with Gasteiger partial charge < -0.3 is 9.80 Å². The molecule has 0 radical (unpaired) electrons. The molecule has 108 valence electrons. The first-order valence-electron chi connectivity index (χ1n) is 7.53. The van der Waals surface area contributed by atoms with E-state index in [2.05, 4.69) is 4.90 Å². The molecule has 2 aliphatic heterocycles. The number of halogens is 1. The van der Waals surface area contributed by atoms with Gasteiger partial charge in [0.25, 0.3) is 5.91 Å². The fourth-order valence-corrected chi connectivity index (χ4v) is 3.31. The number of amides is 1. The quantitative estimate of drug-likeness (QED) is 0.847. The molecule has 1 unspecified atom stereocenters. The molecule has 0 aromatic heterocycles. The summed E-state index contributed by atoms with van der Waals surface area (Å²) in [7, 11) is 0. The van der Waals surface area contributed by atoms with Crippen molar-refractivity contribution in [3.63, 3.8) is 0 Å². The first-order chi connectivity index (χ1) is 9.74. The Labute approximate surface area is 119 Å². The van der Waals surface area contributed by atoms with E-state index in [1.54, 1.807) is 12.1 Å². The number of hydrogen-bond donors (Lipinski definition) is 0. The van der Waals surface area contributed by atoms with Crippen LogP contribution < -0.4 is 0 Å². The summed E-state index contributed by atoms with van der Waals surface area (Å²) in [5.74, 6) is -0.247. The van der Waals surface area contributed by atoms with Gasteiger partial charge in [-0.2, -0.15) is 0 Å². The van der Waals surface area contributed by atoms with Crippen LogP contribution in [0.4, 0.5) is 4.39 Å². The maximum atomic E-state index is 12.9. The number of likely N-dealkylation sites (tertiary alicyclic amines) is 2. The first-order valence-corrected chi connectivity index (χ1v) is 7.53. The predicted octanol–water partition coefficient (Wildman–Crippen LogP) is 2.53. The summed E-state index contributed by atoms with van der Waals surface area (Å²) in [6.45, 7) is 4.14. The Morgan fingerprint density at radius 1 is 1.10 bits per heavy atom. The zero-order valence-corrected chi connectivity index (χ0v) is 11.7. The number of carbonyl (C=O) groups is 1. The average Bonchev–Trinajstić information content (AvgIpc) is 3.11. The van der Waals surface area contributed by atoms with Gasteiger partial charge in [0.15, 0.2) is 0 Å². The lowest BCUT2D eigenvalue weighted by atomic mass is 10.1. The second-order valence-electron chi connectivity index (χ2n) is 5.81. The zero-order chi connectivity index (χ0) is 13.9. The highest BCUT2D eigenvalue weighted by molar-refractivity contribution is 5.94. The molecule has 1 aromatic carbocycles. The highest BCUT2D eigenvalue weighted by Gasteiger charge is 2.31. The van der Waals surface area contributed by atoms with E-state index in [-0.39, 0.29) is 11.7 Å². The van der Waals surface area contributed by atoms with E-state index in [0.29, 0.717) is 11.6 Å². The fourth-order valence-electron chi connectivity index (χ4n) is 3.31. The predicted molar refractivity (Wildman–Crippen MR) is 76.1 cm³/mol. The molecule has 0 saturated carbocycles. The van der Waals surface area contributed by atoms with Gasteiger partial charge in [0.2, 0.25) is 0 Å². The minimum atomic E-state index is -0.295. The molecule has 0 N–H and O–H groups in total. The average molecular weight is 276 g/mol. The van der Waals surface area contributed by atoms with E-state index in [4.69, 9.17) is 0 Å². The van der Waals surface area contributed by atoms with Crippen LogP contribution in [0.15, 0.2) is 24.3 Å². The molecule has 3 rings (SSSR count). The summed E-state index contributed by atoms with van der Waals surface area (Å²) in [4.78, 5) is 17.0. The van der Waals surface area contributed by atoms with Crippen molar-refractivity contribution < 1.29 is 9.18 Å². The summed E-state index contributed by atoms with van der Waals surface area (Å²) in [6, 6.07) is 6.22. The van der Waals surface area contributed by atoms with Gasteiger partial charge in [0.1, 0.15) is 5.82 Å². The van der Waals surface area contributed by atoms with E-state index < -0.39 is 0 Å². The Hall–Kier alpha value is -1.42. The smallest absolute Gasteiger partial charge is 0.254 e. The number of carbonyl (C=O) groups excluding carboxylic acids is 1. The van der Waals surface area contributed by atoms with Crippen LogP contribution in [0.1, 0.15) is 36.0 Å². The molecule has 0 bridgehead atoms. The van der Waals surface area contributed by atoms with E-state index in [1.807, 2.05) is 4.90 Å². The number of rotatable bonds is 3.